The Bertz CT molecular complexity index is 1120. The lowest BCUT2D eigenvalue weighted by Gasteiger charge is -2.35. The van der Waals surface area contributed by atoms with Gasteiger partial charge in [-0.05, 0) is 49.2 Å². The van der Waals surface area contributed by atoms with Crippen molar-refractivity contribution in [3.05, 3.63) is 93.6 Å². The van der Waals surface area contributed by atoms with Gasteiger partial charge in [0, 0.05) is 43.5 Å². The number of aromatic nitrogens is 1. The fourth-order valence-electron chi connectivity index (χ4n) is 3.77. The van der Waals surface area contributed by atoms with Gasteiger partial charge in [-0.1, -0.05) is 41.9 Å². The minimum atomic E-state index is -0.129. The second-order valence-electron chi connectivity index (χ2n) is 7.79. The standard InChI is InChI=1S/C25H24ClN3O2/c1-17-7-8-19(15-18(17)2)24(30)21-5-3-4-6-22(21)25(31)29-13-11-28(12-14-29)23-10-9-20(26)16-27-23/h3-10,15-16H,11-14H2,1-2H3. The zero-order chi connectivity index (χ0) is 22.0. The summed E-state index contributed by atoms with van der Waals surface area (Å²) in [7, 11) is 0. The normalized spacial score (nSPS) is 13.9. The molecule has 5 nitrogen and oxygen atoms in total. The maximum atomic E-state index is 13.3. The van der Waals surface area contributed by atoms with Crippen LogP contribution in [0, 0.1) is 13.8 Å². The van der Waals surface area contributed by atoms with Gasteiger partial charge in [-0.2, -0.15) is 0 Å². The molecule has 1 amide bonds. The number of nitrogens with zero attached hydrogens (tertiary/aromatic N) is 3. The number of pyridine rings is 1. The minimum Gasteiger partial charge on any atom is -0.353 e. The smallest absolute Gasteiger partial charge is 0.254 e. The van der Waals surface area contributed by atoms with Crippen molar-refractivity contribution in [3.63, 3.8) is 0 Å². The number of hydrogen-bond donors (Lipinski definition) is 0. The second kappa shape index (κ2) is 8.90. The third-order valence-electron chi connectivity index (χ3n) is 5.77. The summed E-state index contributed by atoms with van der Waals surface area (Å²) in [6.45, 7) is 6.48. The van der Waals surface area contributed by atoms with E-state index in [1.807, 2.05) is 44.2 Å². The number of hydrogen-bond acceptors (Lipinski definition) is 4. The molecule has 0 atom stereocenters. The summed E-state index contributed by atoms with van der Waals surface area (Å²) in [6.07, 6.45) is 1.63. The lowest BCUT2D eigenvalue weighted by molar-refractivity contribution is 0.0742. The monoisotopic (exact) mass is 433 g/mol. The maximum Gasteiger partial charge on any atom is 0.254 e. The fraction of sp³-hybridized carbons (Fsp3) is 0.240. The average molecular weight is 434 g/mol. The summed E-state index contributed by atoms with van der Waals surface area (Å²) in [4.78, 5) is 34.8. The Balaban J connectivity index is 1.51. The highest BCUT2D eigenvalue weighted by Crippen LogP contribution is 2.21. The van der Waals surface area contributed by atoms with Crippen molar-refractivity contribution >= 4 is 29.1 Å². The number of carbonyl (C=O) groups excluding carboxylic acids is 2. The molecule has 1 aromatic heterocycles. The van der Waals surface area contributed by atoms with Gasteiger partial charge in [-0.3, -0.25) is 9.59 Å². The Hall–Kier alpha value is -3.18. The van der Waals surface area contributed by atoms with E-state index in [9.17, 15) is 9.59 Å². The minimum absolute atomic E-state index is 0.114. The third-order valence-corrected chi connectivity index (χ3v) is 6.00. The van der Waals surface area contributed by atoms with Crippen molar-refractivity contribution < 1.29 is 9.59 Å². The highest BCUT2D eigenvalue weighted by atomic mass is 35.5. The summed E-state index contributed by atoms with van der Waals surface area (Å²) >= 11 is 5.92. The van der Waals surface area contributed by atoms with Gasteiger partial charge in [0.25, 0.3) is 5.91 Å². The highest BCUT2D eigenvalue weighted by Gasteiger charge is 2.26. The lowest BCUT2D eigenvalue weighted by Crippen LogP contribution is -2.49. The predicted molar refractivity (Wildman–Crippen MR) is 123 cm³/mol. The quantitative estimate of drug-likeness (QED) is 0.566. The molecule has 0 unspecified atom stereocenters. The Morgan fingerprint density at radius 2 is 1.58 bits per heavy atom. The van der Waals surface area contributed by atoms with Crippen LogP contribution in [0.2, 0.25) is 5.02 Å². The molecule has 2 aromatic carbocycles. The zero-order valence-electron chi connectivity index (χ0n) is 17.6. The van der Waals surface area contributed by atoms with Gasteiger partial charge in [0.2, 0.25) is 0 Å². The Kier molecular flexibility index (Phi) is 6.05. The van der Waals surface area contributed by atoms with E-state index in [4.69, 9.17) is 11.6 Å². The number of amides is 1. The van der Waals surface area contributed by atoms with Crippen LogP contribution in [0.15, 0.2) is 60.8 Å². The van der Waals surface area contributed by atoms with Gasteiger partial charge in [0.1, 0.15) is 5.82 Å². The number of anilines is 1. The van der Waals surface area contributed by atoms with E-state index in [0.29, 0.717) is 47.9 Å². The zero-order valence-corrected chi connectivity index (χ0v) is 18.4. The molecule has 1 aliphatic heterocycles. The fourth-order valence-corrected chi connectivity index (χ4v) is 3.88. The molecular weight excluding hydrogens is 410 g/mol. The average Bonchev–Trinajstić information content (AvgIpc) is 2.80. The summed E-state index contributed by atoms with van der Waals surface area (Å²) in [6, 6.07) is 16.4. The molecule has 0 bridgehead atoms. The first-order valence-electron chi connectivity index (χ1n) is 10.3. The van der Waals surface area contributed by atoms with E-state index in [2.05, 4.69) is 9.88 Å². The molecular formula is C25H24ClN3O2. The molecule has 0 radical (unpaired) electrons. The summed E-state index contributed by atoms with van der Waals surface area (Å²) in [5.41, 5.74) is 3.68. The predicted octanol–water partition coefficient (Wildman–Crippen LogP) is 4.55. The number of rotatable bonds is 4. The number of piperazine rings is 1. The van der Waals surface area contributed by atoms with Gasteiger partial charge in [-0.25, -0.2) is 4.98 Å². The van der Waals surface area contributed by atoms with Crippen LogP contribution in [0.5, 0.6) is 0 Å². The summed E-state index contributed by atoms with van der Waals surface area (Å²) in [5, 5.41) is 0.600. The molecule has 31 heavy (non-hydrogen) atoms. The second-order valence-corrected chi connectivity index (χ2v) is 8.22. The molecule has 0 aliphatic carbocycles. The van der Waals surface area contributed by atoms with E-state index in [-0.39, 0.29) is 11.7 Å². The van der Waals surface area contributed by atoms with Crippen molar-refractivity contribution in [2.75, 3.05) is 31.1 Å². The van der Waals surface area contributed by atoms with Crippen molar-refractivity contribution in [1.29, 1.82) is 0 Å². The van der Waals surface area contributed by atoms with Crippen LogP contribution in [0.3, 0.4) is 0 Å². The number of halogens is 1. The Morgan fingerprint density at radius 3 is 2.23 bits per heavy atom. The van der Waals surface area contributed by atoms with Crippen molar-refractivity contribution in [2.45, 2.75) is 13.8 Å². The van der Waals surface area contributed by atoms with Crippen molar-refractivity contribution in [3.8, 4) is 0 Å². The van der Waals surface area contributed by atoms with E-state index in [0.717, 1.165) is 16.9 Å². The van der Waals surface area contributed by atoms with Crippen LogP contribution >= 0.6 is 11.6 Å². The van der Waals surface area contributed by atoms with Crippen molar-refractivity contribution in [1.82, 2.24) is 9.88 Å². The molecule has 3 aromatic rings. The SMILES string of the molecule is Cc1ccc(C(=O)c2ccccc2C(=O)N2CCN(c3ccc(Cl)cn3)CC2)cc1C. The van der Waals surface area contributed by atoms with Crippen molar-refractivity contribution in [2.24, 2.45) is 0 Å². The van der Waals surface area contributed by atoms with Gasteiger partial charge >= 0.3 is 0 Å². The van der Waals surface area contributed by atoms with Crippen LogP contribution in [0.25, 0.3) is 0 Å². The molecule has 158 valence electrons. The molecule has 6 heteroatoms. The van der Waals surface area contributed by atoms with E-state index in [1.165, 1.54) is 0 Å². The molecule has 4 rings (SSSR count). The molecule has 0 N–H and O–H groups in total. The molecule has 0 saturated carbocycles. The van der Waals surface area contributed by atoms with Crippen LogP contribution < -0.4 is 4.90 Å². The Morgan fingerprint density at radius 1 is 0.871 bits per heavy atom. The van der Waals surface area contributed by atoms with E-state index in [1.54, 1.807) is 35.4 Å². The molecule has 1 saturated heterocycles. The molecule has 2 heterocycles. The van der Waals surface area contributed by atoms with Gasteiger partial charge in [0.05, 0.1) is 10.6 Å². The first-order valence-corrected chi connectivity index (χ1v) is 10.7. The number of carbonyl (C=O) groups is 2. The lowest BCUT2D eigenvalue weighted by atomic mass is 9.95. The Labute approximate surface area is 187 Å². The van der Waals surface area contributed by atoms with Gasteiger partial charge in [0.15, 0.2) is 5.78 Å². The molecule has 1 fully saturated rings. The van der Waals surface area contributed by atoms with E-state index >= 15 is 0 Å². The van der Waals surface area contributed by atoms with E-state index < -0.39 is 0 Å². The first-order chi connectivity index (χ1) is 14.9. The molecule has 0 spiro atoms. The number of benzene rings is 2. The maximum absolute atomic E-state index is 13.3. The van der Waals surface area contributed by atoms with Crippen LogP contribution in [-0.2, 0) is 0 Å². The highest BCUT2D eigenvalue weighted by molar-refractivity contribution is 6.30. The molecule has 1 aliphatic rings. The topological polar surface area (TPSA) is 53.5 Å². The van der Waals surface area contributed by atoms with Crippen LogP contribution in [-0.4, -0.2) is 47.8 Å². The first kappa shape index (κ1) is 21.1. The van der Waals surface area contributed by atoms with Gasteiger partial charge in [-0.15, -0.1) is 0 Å². The van der Waals surface area contributed by atoms with Crippen LogP contribution in [0.1, 0.15) is 37.4 Å². The number of aryl methyl sites for hydroxylation is 2. The van der Waals surface area contributed by atoms with Gasteiger partial charge < -0.3 is 9.80 Å². The number of ketones is 1. The third kappa shape index (κ3) is 4.47. The summed E-state index contributed by atoms with van der Waals surface area (Å²) in [5.74, 6) is 0.606. The summed E-state index contributed by atoms with van der Waals surface area (Å²) < 4.78 is 0. The largest absolute Gasteiger partial charge is 0.353 e. The van der Waals surface area contributed by atoms with Crippen LogP contribution in [0.4, 0.5) is 5.82 Å².